The molecule has 1 heterocycles. The van der Waals surface area contributed by atoms with Crippen LogP contribution in [0.5, 0.6) is 0 Å². The van der Waals surface area contributed by atoms with Gasteiger partial charge in [-0.15, -0.1) is 6.58 Å². The summed E-state index contributed by atoms with van der Waals surface area (Å²) < 4.78 is 5.24. The fraction of sp³-hybridized carbons (Fsp3) is 0.714. The molecule has 1 atom stereocenters. The minimum atomic E-state index is 0.0122. The topological polar surface area (TPSA) is 21.3 Å². The van der Waals surface area contributed by atoms with Crippen LogP contribution < -0.4 is 5.32 Å². The van der Waals surface area contributed by atoms with Gasteiger partial charge in [0.05, 0.1) is 18.8 Å². The first-order valence-corrected chi connectivity index (χ1v) is 3.23. The van der Waals surface area contributed by atoms with Gasteiger partial charge in [0.1, 0.15) is 0 Å². The van der Waals surface area contributed by atoms with E-state index < -0.39 is 0 Å². The first kappa shape index (κ1) is 6.78. The second kappa shape index (κ2) is 2.50. The lowest BCUT2D eigenvalue weighted by molar-refractivity contribution is 0.0554. The van der Waals surface area contributed by atoms with Gasteiger partial charge in [-0.1, -0.05) is 6.08 Å². The van der Waals surface area contributed by atoms with E-state index in [4.69, 9.17) is 4.74 Å². The number of ether oxygens (including phenoxy) is 1. The molecule has 0 radical (unpaired) electrons. The minimum absolute atomic E-state index is 0.0122. The largest absolute Gasteiger partial charge is 0.378 e. The van der Waals surface area contributed by atoms with Crippen molar-refractivity contribution in [1.29, 1.82) is 0 Å². The summed E-state index contributed by atoms with van der Waals surface area (Å²) in [5.41, 5.74) is 0.0122. The van der Waals surface area contributed by atoms with Crippen molar-refractivity contribution in [1.82, 2.24) is 5.32 Å². The third-order valence-electron chi connectivity index (χ3n) is 1.63. The molecule has 0 aromatic carbocycles. The normalized spacial score (nSPS) is 36.1. The molecule has 1 rings (SSSR count). The molecule has 1 aliphatic heterocycles. The average molecular weight is 127 g/mol. The maximum atomic E-state index is 5.24. The van der Waals surface area contributed by atoms with Crippen LogP contribution >= 0.6 is 0 Å². The highest BCUT2D eigenvalue weighted by Gasteiger charge is 2.22. The molecule has 1 N–H and O–H groups in total. The number of hydrogen-bond acceptors (Lipinski definition) is 2. The van der Waals surface area contributed by atoms with Gasteiger partial charge in [-0.2, -0.15) is 0 Å². The Morgan fingerprint density at radius 1 is 1.78 bits per heavy atom. The molecule has 1 saturated heterocycles. The Bertz CT molecular complexity index is 105. The van der Waals surface area contributed by atoms with Crippen LogP contribution in [0.1, 0.15) is 6.92 Å². The Balaban J connectivity index is 2.46. The Hall–Kier alpha value is -0.340. The molecule has 2 heteroatoms. The lowest BCUT2D eigenvalue weighted by Gasteiger charge is -2.31. The van der Waals surface area contributed by atoms with E-state index in [1.807, 2.05) is 6.08 Å². The summed E-state index contributed by atoms with van der Waals surface area (Å²) in [6.45, 7) is 8.30. The Morgan fingerprint density at radius 2 is 2.56 bits per heavy atom. The summed E-state index contributed by atoms with van der Waals surface area (Å²) in [5.74, 6) is 0. The third-order valence-corrected chi connectivity index (χ3v) is 1.63. The second-order valence-corrected chi connectivity index (χ2v) is 2.60. The predicted octanol–water partition coefficient (Wildman–Crippen LogP) is 0.551. The summed E-state index contributed by atoms with van der Waals surface area (Å²) in [4.78, 5) is 0. The molecule has 0 bridgehead atoms. The van der Waals surface area contributed by atoms with E-state index in [0.717, 1.165) is 19.8 Å². The fourth-order valence-corrected chi connectivity index (χ4v) is 0.875. The van der Waals surface area contributed by atoms with E-state index in [9.17, 15) is 0 Å². The van der Waals surface area contributed by atoms with Crippen molar-refractivity contribution in [2.24, 2.45) is 0 Å². The van der Waals surface area contributed by atoms with Gasteiger partial charge in [0.25, 0.3) is 0 Å². The standard InChI is InChI=1S/C7H13NO/c1-3-7(2)6-9-5-4-8-7/h3,8H,1,4-6H2,2H3. The molecule has 0 saturated carbocycles. The van der Waals surface area contributed by atoms with Crippen LogP contribution in [-0.4, -0.2) is 25.3 Å². The van der Waals surface area contributed by atoms with Crippen molar-refractivity contribution in [3.63, 3.8) is 0 Å². The average Bonchev–Trinajstić information content (AvgIpc) is 1.90. The van der Waals surface area contributed by atoms with E-state index in [0.29, 0.717) is 0 Å². The van der Waals surface area contributed by atoms with Gasteiger partial charge in [0.2, 0.25) is 0 Å². The highest BCUT2D eigenvalue weighted by molar-refractivity contribution is 5.00. The highest BCUT2D eigenvalue weighted by atomic mass is 16.5. The molecule has 0 aromatic rings. The van der Waals surface area contributed by atoms with Crippen LogP contribution in [0.4, 0.5) is 0 Å². The van der Waals surface area contributed by atoms with E-state index in [1.54, 1.807) is 0 Å². The van der Waals surface area contributed by atoms with E-state index in [1.165, 1.54) is 0 Å². The minimum Gasteiger partial charge on any atom is -0.378 e. The first-order chi connectivity index (χ1) is 4.27. The zero-order chi connectivity index (χ0) is 6.74. The van der Waals surface area contributed by atoms with Crippen molar-refractivity contribution >= 4 is 0 Å². The lowest BCUT2D eigenvalue weighted by atomic mass is 10.0. The van der Waals surface area contributed by atoms with Gasteiger partial charge in [-0.05, 0) is 6.92 Å². The van der Waals surface area contributed by atoms with Crippen LogP contribution in [0.15, 0.2) is 12.7 Å². The number of hydrogen-bond donors (Lipinski definition) is 1. The van der Waals surface area contributed by atoms with Crippen LogP contribution in [0.2, 0.25) is 0 Å². The molecule has 1 unspecified atom stereocenters. The summed E-state index contributed by atoms with van der Waals surface area (Å²) in [5, 5.41) is 3.30. The van der Waals surface area contributed by atoms with Crippen molar-refractivity contribution in [3.8, 4) is 0 Å². The van der Waals surface area contributed by atoms with Gasteiger partial charge in [0, 0.05) is 6.54 Å². The van der Waals surface area contributed by atoms with Gasteiger partial charge in [0.15, 0.2) is 0 Å². The third kappa shape index (κ3) is 1.53. The molecule has 0 amide bonds. The monoisotopic (exact) mass is 127 g/mol. The molecule has 0 spiro atoms. The van der Waals surface area contributed by atoms with Gasteiger partial charge < -0.3 is 10.1 Å². The van der Waals surface area contributed by atoms with Crippen molar-refractivity contribution in [2.45, 2.75) is 12.5 Å². The molecule has 0 aromatic heterocycles. The Morgan fingerprint density at radius 3 is 2.89 bits per heavy atom. The van der Waals surface area contributed by atoms with Crippen LogP contribution in [0, 0.1) is 0 Å². The van der Waals surface area contributed by atoms with Crippen LogP contribution in [0.25, 0.3) is 0 Å². The molecule has 2 nitrogen and oxygen atoms in total. The Kier molecular flexibility index (Phi) is 1.88. The highest BCUT2D eigenvalue weighted by Crippen LogP contribution is 2.08. The number of morpholine rings is 1. The summed E-state index contributed by atoms with van der Waals surface area (Å²) in [6, 6.07) is 0. The SMILES string of the molecule is C=CC1(C)COCCN1. The smallest absolute Gasteiger partial charge is 0.0682 e. The van der Waals surface area contributed by atoms with Crippen molar-refractivity contribution in [3.05, 3.63) is 12.7 Å². The molecule has 0 aliphatic carbocycles. The van der Waals surface area contributed by atoms with E-state index in [-0.39, 0.29) is 5.54 Å². The molecular formula is C7H13NO. The fourth-order valence-electron chi connectivity index (χ4n) is 0.875. The number of nitrogens with one attached hydrogen (secondary N) is 1. The molecule has 9 heavy (non-hydrogen) atoms. The maximum Gasteiger partial charge on any atom is 0.0682 e. The quantitative estimate of drug-likeness (QED) is 0.519. The summed E-state index contributed by atoms with van der Waals surface area (Å²) in [7, 11) is 0. The zero-order valence-electron chi connectivity index (χ0n) is 5.81. The summed E-state index contributed by atoms with van der Waals surface area (Å²) in [6.07, 6.45) is 1.90. The van der Waals surface area contributed by atoms with E-state index in [2.05, 4.69) is 18.8 Å². The van der Waals surface area contributed by atoms with Gasteiger partial charge in [-0.3, -0.25) is 0 Å². The first-order valence-electron chi connectivity index (χ1n) is 3.23. The predicted molar refractivity (Wildman–Crippen MR) is 37.4 cm³/mol. The molecule has 1 fully saturated rings. The molecular weight excluding hydrogens is 114 g/mol. The van der Waals surface area contributed by atoms with Crippen molar-refractivity contribution in [2.75, 3.05) is 19.8 Å². The zero-order valence-corrected chi connectivity index (χ0v) is 5.81. The lowest BCUT2D eigenvalue weighted by Crippen LogP contribution is -2.50. The summed E-state index contributed by atoms with van der Waals surface area (Å²) >= 11 is 0. The van der Waals surface area contributed by atoms with Gasteiger partial charge >= 0.3 is 0 Å². The second-order valence-electron chi connectivity index (χ2n) is 2.60. The van der Waals surface area contributed by atoms with Crippen molar-refractivity contribution < 1.29 is 4.74 Å². The Labute approximate surface area is 55.9 Å². The molecule has 1 aliphatic rings. The van der Waals surface area contributed by atoms with E-state index >= 15 is 0 Å². The van der Waals surface area contributed by atoms with Gasteiger partial charge in [-0.25, -0.2) is 0 Å². The molecule has 52 valence electrons. The van der Waals surface area contributed by atoms with Crippen LogP contribution in [0.3, 0.4) is 0 Å². The number of rotatable bonds is 1. The van der Waals surface area contributed by atoms with Crippen LogP contribution in [-0.2, 0) is 4.74 Å². The maximum absolute atomic E-state index is 5.24.